The van der Waals surface area contributed by atoms with Crippen LogP contribution in [-0.4, -0.2) is 19.8 Å². The van der Waals surface area contributed by atoms with Gasteiger partial charge in [0.2, 0.25) is 0 Å². The number of rotatable bonds is 8. The summed E-state index contributed by atoms with van der Waals surface area (Å²) in [5, 5.41) is 0. The SMILES string of the molecule is CCCCS(=O)(=O)OI(c1ccccc1)c1ccc(OC(C)(C)C)cc1. The van der Waals surface area contributed by atoms with E-state index in [4.69, 9.17) is 7.25 Å². The van der Waals surface area contributed by atoms with Gasteiger partial charge < -0.3 is 0 Å². The Bertz CT molecular complexity index is 781. The summed E-state index contributed by atoms with van der Waals surface area (Å²) in [5.74, 6) is 0.828. The Morgan fingerprint density at radius 2 is 1.50 bits per heavy atom. The van der Waals surface area contributed by atoms with Crippen molar-refractivity contribution in [3.8, 4) is 5.75 Å². The number of halogens is 1. The zero-order valence-electron chi connectivity index (χ0n) is 15.7. The molecule has 2 aromatic rings. The Morgan fingerprint density at radius 1 is 0.923 bits per heavy atom. The van der Waals surface area contributed by atoms with Crippen LogP contribution < -0.4 is 4.74 Å². The summed E-state index contributed by atoms with van der Waals surface area (Å²) in [6.45, 7) is 7.95. The van der Waals surface area contributed by atoms with Crippen molar-refractivity contribution in [2.45, 2.75) is 46.1 Å². The third kappa shape index (κ3) is 6.89. The molecule has 0 aromatic heterocycles. The maximum absolute atomic E-state index is 12.4. The Kier molecular flexibility index (Phi) is 7.49. The first-order valence-corrected chi connectivity index (χ1v) is 13.3. The van der Waals surface area contributed by atoms with Crippen LogP contribution in [-0.2, 0) is 12.6 Å². The second kappa shape index (κ2) is 9.19. The molecular weight excluding hydrogens is 463 g/mol. The van der Waals surface area contributed by atoms with Gasteiger partial charge >= 0.3 is 165 Å². The number of hydrogen-bond acceptors (Lipinski definition) is 4. The Hall–Kier alpha value is -1.12. The normalized spacial score (nSPS) is 12.7. The van der Waals surface area contributed by atoms with Gasteiger partial charge in [-0.2, -0.15) is 0 Å². The average Bonchev–Trinajstić information content (AvgIpc) is 2.58. The van der Waals surface area contributed by atoms with Gasteiger partial charge in [-0.15, -0.1) is 0 Å². The summed E-state index contributed by atoms with van der Waals surface area (Å²) in [4.78, 5) is 0. The second-order valence-corrected chi connectivity index (χ2v) is 13.5. The van der Waals surface area contributed by atoms with E-state index >= 15 is 0 Å². The van der Waals surface area contributed by atoms with Gasteiger partial charge in [0.15, 0.2) is 0 Å². The molecule has 0 atom stereocenters. The average molecular weight is 490 g/mol. The molecule has 2 aromatic carbocycles. The van der Waals surface area contributed by atoms with Crippen molar-refractivity contribution in [2.24, 2.45) is 0 Å². The molecule has 144 valence electrons. The molecule has 0 heterocycles. The third-order valence-corrected chi connectivity index (χ3v) is 10.8. The van der Waals surface area contributed by atoms with Gasteiger partial charge in [-0.25, -0.2) is 0 Å². The fraction of sp³-hybridized carbons (Fsp3) is 0.400. The molecule has 0 fully saturated rings. The summed E-state index contributed by atoms with van der Waals surface area (Å²) in [6.07, 6.45) is 1.43. The number of hydrogen-bond donors (Lipinski definition) is 0. The van der Waals surface area contributed by atoms with Crippen LogP contribution in [0.15, 0.2) is 54.6 Å². The summed E-state index contributed by atoms with van der Waals surface area (Å²) in [6, 6.07) is 17.3. The van der Waals surface area contributed by atoms with Crippen molar-refractivity contribution in [1.29, 1.82) is 0 Å². The maximum atomic E-state index is 12.4. The molecular formula is C20H27IO4S. The summed E-state index contributed by atoms with van der Waals surface area (Å²) >= 11 is -2.55. The molecule has 4 nitrogen and oxygen atoms in total. The van der Waals surface area contributed by atoms with Crippen molar-refractivity contribution < 1.29 is 15.7 Å². The van der Waals surface area contributed by atoms with Crippen molar-refractivity contribution in [2.75, 3.05) is 5.75 Å². The molecule has 26 heavy (non-hydrogen) atoms. The first-order chi connectivity index (χ1) is 12.2. The van der Waals surface area contributed by atoms with E-state index in [0.717, 1.165) is 19.3 Å². The molecule has 0 aliphatic rings. The van der Waals surface area contributed by atoms with Gasteiger partial charge in [0.25, 0.3) is 0 Å². The molecule has 0 radical (unpaired) electrons. The Morgan fingerprint density at radius 3 is 2.04 bits per heavy atom. The molecule has 0 aliphatic carbocycles. The zero-order chi connectivity index (χ0) is 19.2. The van der Waals surface area contributed by atoms with E-state index in [0.29, 0.717) is 6.42 Å². The van der Waals surface area contributed by atoms with Crippen LogP contribution in [0.3, 0.4) is 0 Å². The summed E-state index contributed by atoms with van der Waals surface area (Å²) < 4.78 is 38.3. The van der Waals surface area contributed by atoms with Gasteiger partial charge in [-0.3, -0.25) is 0 Å². The summed E-state index contributed by atoms with van der Waals surface area (Å²) in [7, 11) is -3.54. The third-order valence-electron chi connectivity index (χ3n) is 3.27. The minimum absolute atomic E-state index is 0.0650. The van der Waals surface area contributed by atoms with E-state index in [1.807, 2.05) is 82.3 Å². The van der Waals surface area contributed by atoms with Gasteiger partial charge in [-0.1, -0.05) is 0 Å². The second-order valence-electron chi connectivity index (χ2n) is 6.89. The van der Waals surface area contributed by atoms with Crippen molar-refractivity contribution in [1.82, 2.24) is 0 Å². The van der Waals surface area contributed by atoms with Crippen LogP contribution >= 0.6 is 20.2 Å². The Balaban J connectivity index is 2.30. The molecule has 0 spiro atoms. The first-order valence-electron chi connectivity index (χ1n) is 8.67. The van der Waals surface area contributed by atoms with Crippen LogP contribution in [0, 0.1) is 7.14 Å². The topological polar surface area (TPSA) is 52.6 Å². The van der Waals surface area contributed by atoms with Gasteiger partial charge in [0.05, 0.1) is 0 Å². The fourth-order valence-electron chi connectivity index (χ4n) is 2.15. The standard InChI is InChI=1S/C20H27IO4S/c1-5-6-16-26(22,23)25-21(17-10-8-7-9-11-17)18-12-14-19(15-13-18)24-20(2,3)4/h7-15H,5-6,16H2,1-4H3. The molecule has 0 unspecified atom stereocenters. The van der Waals surface area contributed by atoms with Crippen LogP contribution in [0.25, 0.3) is 0 Å². The van der Waals surface area contributed by atoms with E-state index in [9.17, 15) is 8.42 Å². The molecule has 0 bridgehead atoms. The van der Waals surface area contributed by atoms with Crippen LogP contribution in [0.4, 0.5) is 0 Å². The molecule has 2 rings (SSSR count). The van der Waals surface area contributed by atoms with Gasteiger partial charge in [0.1, 0.15) is 0 Å². The number of benzene rings is 2. The van der Waals surface area contributed by atoms with E-state index in [1.54, 1.807) is 0 Å². The monoisotopic (exact) mass is 490 g/mol. The first kappa shape index (κ1) is 21.2. The van der Waals surface area contributed by atoms with E-state index < -0.39 is 30.4 Å². The number of unbranched alkanes of at least 4 members (excludes halogenated alkanes) is 1. The van der Waals surface area contributed by atoms with Gasteiger partial charge in [0, 0.05) is 0 Å². The molecule has 0 amide bonds. The molecule has 0 N–H and O–H groups in total. The fourth-order valence-corrected chi connectivity index (χ4v) is 9.42. The van der Waals surface area contributed by atoms with Crippen LogP contribution in [0.5, 0.6) is 5.75 Å². The predicted molar refractivity (Wildman–Crippen MR) is 114 cm³/mol. The minimum atomic E-state index is -3.54. The van der Waals surface area contributed by atoms with E-state index in [1.165, 1.54) is 0 Å². The summed E-state index contributed by atoms with van der Waals surface area (Å²) in [5.41, 5.74) is -0.279. The van der Waals surface area contributed by atoms with Crippen LogP contribution in [0.2, 0.25) is 0 Å². The van der Waals surface area contributed by atoms with E-state index in [2.05, 4.69) is 0 Å². The molecule has 0 saturated heterocycles. The van der Waals surface area contributed by atoms with Crippen molar-refractivity contribution in [3.63, 3.8) is 0 Å². The molecule has 6 heteroatoms. The number of ether oxygens (including phenoxy) is 1. The Labute approximate surface area is 165 Å². The van der Waals surface area contributed by atoms with Crippen LogP contribution in [0.1, 0.15) is 40.5 Å². The van der Waals surface area contributed by atoms with E-state index in [-0.39, 0.29) is 11.4 Å². The quantitative estimate of drug-likeness (QED) is 0.461. The molecule has 0 aliphatic heterocycles. The molecule has 0 saturated carbocycles. The predicted octanol–water partition coefficient (Wildman–Crippen LogP) is 5.47. The van der Waals surface area contributed by atoms with Crippen molar-refractivity contribution in [3.05, 3.63) is 61.7 Å². The zero-order valence-corrected chi connectivity index (χ0v) is 18.7. The van der Waals surface area contributed by atoms with Gasteiger partial charge in [-0.05, 0) is 0 Å². The van der Waals surface area contributed by atoms with Crippen molar-refractivity contribution >= 4 is 30.4 Å².